The van der Waals surface area contributed by atoms with Crippen LogP contribution < -0.4 is 9.80 Å². The maximum Gasteiger partial charge on any atom is 0.225 e. The molecule has 0 saturated carbocycles. The van der Waals surface area contributed by atoms with E-state index >= 15 is 0 Å². The molecule has 158 valence electrons. The molecule has 4 aromatic rings. The highest BCUT2D eigenvalue weighted by atomic mass is 35.5. The predicted octanol–water partition coefficient (Wildman–Crippen LogP) is 5.60. The molecule has 1 fully saturated rings. The summed E-state index contributed by atoms with van der Waals surface area (Å²) in [5, 5.41) is 1.44. The van der Waals surface area contributed by atoms with Crippen molar-refractivity contribution in [2.75, 3.05) is 36.0 Å². The molecule has 0 aliphatic carbocycles. The van der Waals surface area contributed by atoms with Crippen molar-refractivity contribution in [1.29, 1.82) is 0 Å². The zero-order chi connectivity index (χ0) is 21.4. The second-order valence-electron chi connectivity index (χ2n) is 7.78. The highest BCUT2D eigenvalue weighted by Gasteiger charge is 2.25. The Morgan fingerprint density at radius 2 is 1.71 bits per heavy atom. The van der Waals surface area contributed by atoms with E-state index in [0.29, 0.717) is 5.28 Å². The number of thiophene rings is 1. The number of hydrogen-bond acceptors (Lipinski definition) is 6. The van der Waals surface area contributed by atoms with E-state index in [1.165, 1.54) is 21.6 Å². The molecule has 0 N–H and O–H groups in total. The van der Waals surface area contributed by atoms with Gasteiger partial charge in [-0.15, -0.1) is 11.3 Å². The standard InChI is InChI=1S/C24H24ClN5S/c1-3-18-20(17-9-7-16(2)8-10-17)21-22(27-24(25)28-23(21)31-18)30-14-12-29(13-15-30)19-6-4-5-11-26-19/h4-11H,3,12-15H2,1-2H3. The van der Waals surface area contributed by atoms with Crippen LogP contribution >= 0.6 is 22.9 Å². The van der Waals surface area contributed by atoms with E-state index < -0.39 is 0 Å². The van der Waals surface area contributed by atoms with Crippen LogP contribution in [0.15, 0.2) is 48.7 Å². The molecule has 31 heavy (non-hydrogen) atoms. The van der Waals surface area contributed by atoms with Gasteiger partial charge in [-0.25, -0.2) is 9.97 Å². The Kier molecular flexibility index (Phi) is 5.50. The van der Waals surface area contributed by atoms with Crippen LogP contribution in [0.25, 0.3) is 21.3 Å². The van der Waals surface area contributed by atoms with Crippen molar-refractivity contribution in [3.05, 3.63) is 64.4 Å². The number of rotatable bonds is 4. The first kappa shape index (κ1) is 20.2. The van der Waals surface area contributed by atoms with Gasteiger partial charge in [-0.2, -0.15) is 4.98 Å². The maximum atomic E-state index is 6.38. The van der Waals surface area contributed by atoms with Crippen molar-refractivity contribution in [2.24, 2.45) is 0 Å². The zero-order valence-corrected chi connectivity index (χ0v) is 19.2. The van der Waals surface area contributed by atoms with Gasteiger partial charge in [0, 0.05) is 42.8 Å². The van der Waals surface area contributed by atoms with Crippen LogP contribution in [0.5, 0.6) is 0 Å². The van der Waals surface area contributed by atoms with E-state index in [-0.39, 0.29) is 0 Å². The van der Waals surface area contributed by atoms with E-state index in [0.717, 1.165) is 54.5 Å². The molecule has 0 spiro atoms. The van der Waals surface area contributed by atoms with Gasteiger partial charge in [0.25, 0.3) is 0 Å². The van der Waals surface area contributed by atoms with E-state index in [1.807, 2.05) is 18.3 Å². The Hall–Kier alpha value is -2.70. The monoisotopic (exact) mass is 449 g/mol. The van der Waals surface area contributed by atoms with Crippen LogP contribution in [0, 0.1) is 6.92 Å². The smallest absolute Gasteiger partial charge is 0.225 e. The lowest BCUT2D eigenvalue weighted by molar-refractivity contribution is 0.643. The molecule has 0 amide bonds. The Bertz CT molecular complexity index is 1200. The van der Waals surface area contributed by atoms with Crippen LogP contribution in [-0.2, 0) is 6.42 Å². The summed E-state index contributed by atoms with van der Waals surface area (Å²) in [6.07, 6.45) is 2.80. The van der Waals surface area contributed by atoms with Crippen molar-refractivity contribution >= 4 is 44.8 Å². The fourth-order valence-corrected chi connectivity index (χ4v) is 5.54. The van der Waals surface area contributed by atoms with E-state index in [1.54, 1.807) is 11.3 Å². The lowest BCUT2D eigenvalue weighted by Crippen LogP contribution is -2.47. The van der Waals surface area contributed by atoms with Gasteiger partial charge in [-0.05, 0) is 42.6 Å². The third kappa shape index (κ3) is 3.86. The summed E-state index contributed by atoms with van der Waals surface area (Å²) in [5.74, 6) is 1.97. The van der Waals surface area contributed by atoms with E-state index in [2.05, 4.69) is 63.9 Å². The first-order chi connectivity index (χ1) is 15.1. The Morgan fingerprint density at radius 1 is 0.968 bits per heavy atom. The van der Waals surface area contributed by atoms with Crippen molar-refractivity contribution in [3.8, 4) is 11.1 Å². The number of halogens is 1. The minimum absolute atomic E-state index is 0.314. The number of hydrogen-bond donors (Lipinski definition) is 0. The molecule has 5 rings (SSSR count). The molecular weight excluding hydrogens is 426 g/mol. The number of benzene rings is 1. The van der Waals surface area contributed by atoms with Crippen molar-refractivity contribution in [3.63, 3.8) is 0 Å². The average Bonchev–Trinajstić information content (AvgIpc) is 3.18. The number of piperazine rings is 1. The Labute approximate surface area is 191 Å². The molecule has 7 heteroatoms. The lowest BCUT2D eigenvalue weighted by Gasteiger charge is -2.36. The molecular formula is C24H24ClN5S. The summed E-state index contributed by atoms with van der Waals surface area (Å²) in [7, 11) is 0. The molecule has 1 saturated heterocycles. The Balaban J connectivity index is 1.56. The summed E-state index contributed by atoms with van der Waals surface area (Å²) in [4.78, 5) is 20.8. The van der Waals surface area contributed by atoms with Gasteiger partial charge >= 0.3 is 0 Å². The second-order valence-corrected chi connectivity index (χ2v) is 9.20. The fraction of sp³-hybridized carbons (Fsp3) is 0.292. The van der Waals surface area contributed by atoms with Crippen molar-refractivity contribution < 1.29 is 0 Å². The van der Waals surface area contributed by atoms with E-state index in [9.17, 15) is 0 Å². The average molecular weight is 450 g/mol. The number of fused-ring (bicyclic) bond motifs is 1. The molecule has 0 unspecified atom stereocenters. The largest absolute Gasteiger partial charge is 0.353 e. The molecule has 1 aliphatic heterocycles. The molecule has 0 bridgehead atoms. The quantitative estimate of drug-likeness (QED) is 0.379. The normalized spacial score (nSPS) is 14.4. The number of aryl methyl sites for hydroxylation is 2. The van der Waals surface area contributed by atoms with Gasteiger partial charge in [-0.3, -0.25) is 0 Å². The molecule has 0 atom stereocenters. The molecule has 5 nitrogen and oxygen atoms in total. The van der Waals surface area contributed by atoms with Crippen molar-refractivity contribution in [1.82, 2.24) is 15.0 Å². The minimum Gasteiger partial charge on any atom is -0.353 e. The minimum atomic E-state index is 0.314. The predicted molar refractivity (Wildman–Crippen MR) is 131 cm³/mol. The molecule has 1 aliphatic rings. The highest BCUT2D eigenvalue weighted by Crippen LogP contribution is 2.43. The SMILES string of the molecule is CCc1sc2nc(Cl)nc(N3CCN(c4ccccn4)CC3)c2c1-c1ccc(C)cc1. The van der Waals surface area contributed by atoms with Gasteiger partial charge in [0.2, 0.25) is 5.28 Å². The second kappa shape index (κ2) is 8.44. The van der Waals surface area contributed by atoms with Gasteiger partial charge < -0.3 is 9.80 Å². The summed E-state index contributed by atoms with van der Waals surface area (Å²) >= 11 is 8.11. The van der Waals surface area contributed by atoms with Gasteiger partial charge in [-0.1, -0.05) is 42.8 Å². The number of nitrogens with zero attached hydrogens (tertiary/aromatic N) is 5. The van der Waals surface area contributed by atoms with Gasteiger partial charge in [0.05, 0.1) is 5.39 Å². The first-order valence-electron chi connectivity index (χ1n) is 10.6. The number of aromatic nitrogens is 3. The topological polar surface area (TPSA) is 45.2 Å². The summed E-state index contributed by atoms with van der Waals surface area (Å²) < 4.78 is 0. The fourth-order valence-electron chi connectivity index (χ4n) is 4.19. The van der Waals surface area contributed by atoms with Crippen LogP contribution in [0.3, 0.4) is 0 Å². The van der Waals surface area contributed by atoms with E-state index in [4.69, 9.17) is 16.6 Å². The third-order valence-electron chi connectivity index (χ3n) is 5.79. The molecule has 1 aromatic carbocycles. The highest BCUT2D eigenvalue weighted by molar-refractivity contribution is 7.19. The summed E-state index contributed by atoms with van der Waals surface area (Å²) in [5.41, 5.74) is 3.72. The number of pyridine rings is 1. The summed E-state index contributed by atoms with van der Waals surface area (Å²) in [6.45, 7) is 7.83. The van der Waals surface area contributed by atoms with Gasteiger partial charge in [0.15, 0.2) is 0 Å². The first-order valence-corrected chi connectivity index (χ1v) is 11.8. The molecule has 4 heterocycles. The third-order valence-corrected chi connectivity index (χ3v) is 7.19. The Morgan fingerprint density at radius 3 is 2.39 bits per heavy atom. The van der Waals surface area contributed by atoms with Crippen LogP contribution in [0.1, 0.15) is 17.4 Å². The lowest BCUT2D eigenvalue weighted by atomic mass is 10.0. The molecule has 3 aromatic heterocycles. The zero-order valence-electron chi connectivity index (χ0n) is 17.7. The van der Waals surface area contributed by atoms with Crippen molar-refractivity contribution in [2.45, 2.75) is 20.3 Å². The maximum absolute atomic E-state index is 6.38. The molecule has 0 radical (unpaired) electrons. The van der Waals surface area contributed by atoms with Crippen LogP contribution in [0.2, 0.25) is 5.28 Å². The number of anilines is 2. The van der Waals surface area contributed by atoms with Crippen LogP contribution in [0.4, 0.5) is 11.6 Å². The summed E-state index contributed by atoms with van der Waals surface area (Å²) in [6, 6.07) is 14.8. The van der Waals surface area contributed by atoms with Gasteiger partial charge in [0.1, 0.15) is 16.5 Å². The van der Waals surface area contributed by atoms with Crippen LogP contribution in [-0.4, -0.2) is 41.1 Å².